The molecule has 7 nitrogen and oxygen atoms in total. The quantitative estimate of drug-likeness (QED) is 0.109. The number of nitro benzene ring substituents is 1. The number of nitro groups is 1. The van der Waals surface area contributed by atoms with Crippen molar-refractivity contribution in [2.75, 3.05) is 46.2 Å². The van der Waals surface area contributed by atoms with E-state index in [0.29, 0.717) is 45.4 Å². The molecule has 7 heteroatoms. The van der Waals surface area contributed by atoms with Gasteiger partial charge in [0, 0.05) is 18.7 Å². The van der Waals surface area contributed by atoms with Gasteiger partial charge < -0.3 is 18.9 Å². The van der Waals surface area contributed by atoms with Crippen molar-refractivity contribution in [1.82, 2.24) is 0 Å². The second-order valence-electron chi connectivity index (χ2n) is 7.97. The zero-order valence-electron chi connectivity index (χ0n) is 19.9. The summed E-state index contributed by atoms with van der Waals surface area (Å²) in [5.41, 5.74) is 0.0496. The van der Waals surface area contributed by atoms with Crippen LogP contribution in [0.15, 0.2) is 24.3 Å². The standard InChI is InChI=1S/C25H43NO6/c1-2-3-4-5-6-7-8-9-10-11-12-17-29-18-19-30-20-21-31-22-23-32-25-15-13-24(14-16-25)26(27)28/h13-16H,2-12,17-23H2,1H3. The largest absolute Gasteiger partial charge is 0.491 e. The molecule has 0 spiro atoms. The van der Waals surface area contributed by atoms with Gasteiger partial charge in [-0.05, 0) is 18.6 Å². The van der Waals surface area contributed by atoms with E-state index in [9.17, 15) is 10.1 Å². The third kappa shape index (κ3) is 16.9. The van der Waals surface area contributed by atoms with Gasteiger partial charge in [-0.3, -0.25) is 10.1 Å². The Bertz CT molecular complexity index is 552. The fourth-order valence-electron chi connectivity index (χ4n) is 3.29. The summed E-state index contributed by atoms with van der Waals surface area (Å²) >= 11 is 0. The van der Waals surface area contributed by atoms with Gasteiger partial charge in [-0.1, -0.05) is 71.1 Å². The maximum absolute atomic E-state index is 10.6. The molecule has 0 heterocycles. The Kier molecular flexibility index (Phi) is 18.7. The van der Waals surface area contributed by atoms with Crippen molar-refractivity contribution in [3.8, 4) is 5.75 Å². The molecule has 0 N–H and O–H groups in total. The lowest BCUT2D eigenvalue weighted by molar-refractivity contribution is -0.384. The minimum absolute atomic E-state index is 0.0496. The van der Waals surface area contributed by atoms with E-state index in [-0.39, 0.29) is 5.69 Å². The van der Waals surface area contributed by atoms with Crippen molar-refractivity contribution in [3.63, 3.8) is 0 Å². The number of ether oxygens (including phenoxy) is 4. The van der Waals surface area contributed by atoms with Crippen LogP contribution in [0.4, 0.5) is 5.69 Å². The van der Waals surface area contributed by atoms with Crippen molar-refractivity contribution >= 4 is 5.69 Å². The molecule has 0 saturated heterocycles. The second-order valence-corrected chi connectivity index (χ2v) is 7.97. The number of rotatable bonds is 23. The van der Waals surface area contributed by atoms with Crippen LogP contribution >= 0.6 is 0 Å². The summed E-state index contributed by atoms with van der Waals surface area (Å²) in [5, 5.41) is 10.6. The lowest BCUT2D eigenvalue weighted by atomic mass is 10.1. The summed E-state index contributed by atoms with van der Waals surface area (Å²) in [7, 11) is 0. The minimum atomic E-state index is -0.434. The number of hydrogen-bond donors (Lipinski definition) is 0. The van der Waals surface area contributed by atoms with Crippen molar-refractivity contribution in [2.24, 2.45) is 0 Å². The Hall–Kier alpha value is -1.70. The van der Waals surface area contributed by atoms with Crippen LogP contribution < -0.4 is 4.74 Å². The highest BCUT2D eigenvalue weighted by Gasteiger charge is 2.04. The van der Waals surface area contributed by atoms with Gasteiger partial charge in [-0.25, -0.2) is 0 Å². The number of unbranched alkanes of at least 4 members (excludes halogenated alkanes) is 10. The van der Waals surface area contributed by atoms with Gasteiger partial charge in [0.25, 0.3) is 5.69 Å². The molecule has 1 rings (SSSR count). The molecule has 1 aromatic rings. The van der Waals surface area contributed by atoms with Gasteiger partial charge in [0.15, 0.2) is 0 Å². The highest BCUT2D eigenvalue weighted by molar-refractivity contribution is 5.35. The maximum Gasteiger partial charge on any atom is 0.269 e. The average Bonchev–Trinajstić information content (AvgIpc) is 2.80. The van der Waals surface area contributed by atoms with Gasteiger partial charge >= 0.3 is 0 Å². The number of hydrogen-bond acceptors (Lipinski definition) is 6. The van der Waals surface area contributed by atoms with Crippen LogP contribution in [-0.4, -0.2) is 51.2 Å². The van der Waals surface area contributed by atoms with Crippen LogP contribution in [0.1, 0.15) is 77.6 Å². The molecular formula is C25H43NO6. The first-order chi connectivity index (χ1) is 15.7. The first kappa shape index (κ1) is 28.3. The van der Waals surface area contributed by atoms with Crippen LogP contribution in [0.25, 0.3) is 0 Å². The molecule has 0 bridgehead atoms. The zero-order valence-corrected chi connectivity index (χ0v) is 19.9. The third-order valence-corrected chi connectivity index (χ3v) is 5.18. The van der Waals surface area contributed by atoms with Crippen LogP contribution in [0.5, 0.6) is 5.75 Å². The van der Waals surface area contributed by atoms with Gasteiger partial charge in [0.05, 0.1) is 38.0 Å². The lowest BCUT2D eigenvalue weighted by Crippen LogP contribution is -2.13. The van der Waals surface area contributed by atoms with E-state index >= 15 is 0 Å². The average molecular weight is 454 g/mol. The van der Waals surface area contributed by atoms with E-state index in [4.69, 9.17) is 18.9 Å². The molecule has 0 unspecified atom stereocenters. The highest BCUT2D eigenvalue weighted by Crippen LogP contribution is 2.17. The predicted octanol–water partition coefficient (Wildman–Crippen LogP) is 6.33. The Balaban J connectivity index is 1.73. The summed E-state index contributed by atoms with van der Waals surface area (Å²) in [6, 6.07) is 6.00. The van der Waals surface area contributed by atoms with E-state index in [0.717, 1.165) is 13.0 Å². The highest BCUT2D eigenvalue weighted by atomic mass is 16.6. The molecule has 0 aliphatic carbocycles. The lowest BCUT2D eigenvalue weighted by Gasteiger charge is -2.08. The minimum Gasteiger partial charge on any atom is -0.491 e. The topological polar surface area (TPSA) is 80.1 Å². The summed E-state index contributed by atoms with van der Waals surface area (Å²) in [6.07, 6.45) is 14.8. The Morgan fingerprint density at radius 3 is 1.56 bits per heavy atom. The van der Waals surface area contributed by atoms with E-state index in [1.807, 2.05) is 0 Å². The molecule has 0 saturated carbocycles. The molecule has 0 fully saturated rings. The van der Waals surface area contributed by atoms with Gasteiger partial charge in [-0.2, -0.15) is 0 Å². The van der Waals surface area contributed by atoms with Crippen molar-refractivity contribution in [3.05, 3.63) is 34.4 Å². The van der Waals surface area contributed by atoms with Crippen LogP contribution in [0.3, 0.4) is 0 Å². The van der Waals surface area contributed by atoms with Crippen LogP contribution in [0, 0.1) is 10.1 Å². The molecular weight excluding hydrogens is 410 g/mol. The first-order valence-electron chi connectivity index (χ1n) is 12.3. The van der Waals surface area contributed by atoms with Gasteiger partial charge in [0.1, 0.15) is 12.4 Å². The molecule has 184 valence electrons. The third-order valence-electron chi connectivity index (χ3n) is 5.18. The normalized spacial score (nSPS) is 11.0. The smallest absolute Gasteiger partial charge is 0.269 e. The van der Waals surface area contributed by atoms with Crippen LogP contribution in [0.2, 0.25) is 0 Å². The summed E-state index contributed by atoms with van der Waals surface area (Å²) in [5.74, 6) is 0.588. The molecule has 0 radical (unpaired) electrons. The van der Waals surface area contributed by atoms with Gasteiger partial charge in [0.2, 0.25) is 0 Å². The molecule has 0 amide bonds. The molecule has 0 atom stereocenters. The van der Waals surface area contributed by atoms with Crippen molar-refractivity contribution in [1.29, 1.82) is 0 Å². The SMILES string of the molecule is CCCCCCCCCCCCCOCCOCCOCCOc1ccc([N+](=O)[O-])cc1. The number of non-ortho nitro benzene ring substituents is 1. The van der Waals surface area contributed by atoms with E-state index in [1.165, 1.54) is 76.3 Å². The fourth-order valence-corrected chi connectivity index (χ4v) is 3.29. The molecule has 0 aliphatic rings. The van der Waals surface area contributed by atoms with E-state index in [1.54, 1.807) is 12.1 Å². The molecule has 0 aromatic heterocycles. The fraction of sp³-hybridized carbons (Fsp3) is 0.760. The second kappa shape index (κ2) is 21.2. The molecule has 0 aliphatic heterocycles. The summed E-state index contributed by atoms with van der Waals surface area (Å²) < 4.78 is 22.0. The summed E-state index contributed by atoms with van der Waals surface area (Å²) in [6.45, 7) is 6.15. The van der Waals surface area contributed by atoms with Gasteiger partial charge in [-0.15, -0.1) is 0 Å². The van der Waals surface area contributed by atoms with E-state index < -0.39 is 4.92 Å². The van der Waals surface area contributed by atoms with Crippen molar-refractivity contribution in [2.45, 2.75) is 77.6 Å². The van der Waals surface area contributed by atoms with Crippen LogP contribution in [-0.2, 0) is 14.2 Å². The Labute approximate surface area is 193 Å². The zero-order chi connectivity index (χ0) is 23.1. The van der Waals surface area contributed by atoms with E-state index in [2.05, 4.69) is 6.92 Å². The predicted molar refractivity (Wildman–Crippen MR) is 128 cm³/mol. The Morgan fingerprint density at radius 1 is 0.625 bits per heavy atom. The van der Waals surface area contributed by atoms with Crippen molar-refractivity contribution < 1.29 is 23.9 Å². The first-order valence-corrected chi connectivity index (χ1v) is 12.3. The monoisotopic (exact) mass is 453 g/mol. The number of benzene rings is 1. The molecule has 1 aromatic carbocycles. The molecule has 32 heavy (non-hydrogen) atoms. The maximum atomic E-state index is 10.6. The number of nitrogens with zero attached hydrogens (tertiary/aromatic N) is 1. The summed E-state index contributed by atoms with van der Waals surface area (Å²) in [4.78, 5) is 10.2. The Morgan fingerprint density at radius 2 is 1.06 bits per heavy atom.